The fraction of sp³-hybridized carbons (Fsp3) is 0.800. The van der Waals surface area contributed by atoms with Crippen LogP contribution < -0.4 is 0 Å². The first kappa shape index (κ1) is 12.8. The summed E-state index contributed by atoms with van der Waals surface area (Å²) in [5, 5.41) is 9.40. The minimum Gasteiger partial charge on any atom is -0.444 e. The molecule has 0 bridgehead atoms. The van der Waals surface area contributed by atoms with Crippen molar-refractivity contribution in [2.24, 2.45) is 0 Å². The summed E-state index contributed by atoms with van der Waals surface area (Å²) in [5.41, 5.74) is -0.615. The maximum atomic E-state index is 11.7. The molecule has 1 heterocycles. The van der Waals surface area contributed by atoms with Gasteiger partial charge in [-0.25, -0.2) is 4.79 Å². The molecular formula is C10H17NO5. The third kappa shape index (κ3) is 3.37. The van der Waals surface area contributed by atoms with Gasteiger partial charge < -0.3 is 14.6 Å². The van der Waals surface area contributed by atoms with E-state index in [-0.39, 0.29) is 19.4 Å². The van der Waals surface area contributed by atoms with E-state index < -0.39 is 24.0 Å². The molecule has 0 saturated carbocycles. The molecule has 1 N–H and O–H groups in total. The van der Waals surface area contributed by atoms with Gasteiger partial charge in [-0.15, -0.1) is 0 Å². The number of rotatable bonds is 2. The van der Waals surface area contributed by atoms with Gasteiger partial charge in [-0.1, -0.05) is 0 Å². The summed E-state index contributed by atoms with van der Waals surface area (Å²) in [6.45, 7) is 5.61. The zero-order chi connectivity index (χ0) is 12.3. The summed E-state index contributed by atoms with van der Waals surface area (Å²) in [6.07, 6.45) is -1.78. The van der Waals surface area contributed by atoms with Gasteiger partial charge >= 0.3 is 6.09 Å². The van der Waals surface area contributed by atoms with Crippen LogP contribution in [0.2, 0.25) is 0 Å². The van der Waals surface area contributed by atoms with E-state index in [0.717, 1.165) is 0 Å². The van der Waals surface area contributed by atoms with Crippen LogP contribution in [-0.4, -0.2) is 47.0 Å². The van der Waals surface area contributed by atoms with Gasteiger partial charge in [0.2, 0.25) is 0 Å². The van der Waals surface area contributed by atoms with Gasteiger partial charge in [0.1, 0.15) is 5.60 Å². The quantitative estimate of drug-likeness (QED) is 0.700. The van der Waals surface area contributed by atoms with Gasteiger partial charge in [0.25, 0.3) is 6.47 Å². The number of amides is 1. The van der Waals surface area contributed by atoms with Crippen molar-refractivity contribution in [1.82, 2.24) is 4.90 Å². The standard InChI is InChI=1S/C10H17NO5/c1-10(2,3)16-9(14)11-5-7(13)4-8(11)15-6-12/h6-8,13H,4-5H2,1-3H3. The second kappa shape index (κ2) is 4.69. The molecule has 1 rings (SSSR count). The van der Waals surface area contributed by atoms with E-state index in [2.05, 4.69) is 0 Å². The molecule has 1 aliphatic rings. The maximum Gasteiger partial charge on any atom is 0.413 e. The van der Waals surface area contributed by atoms with E-state index in [1.165, 1.54) is 4.90 Å². The lowest BCUT2D eigenvalue weighted by atomic mass is 10.2. The smallest absolute Gasteiger partial charge is 0.413 e. The molecule has 6 nitrogen and oxygen atoms in total. The van der Waals surface area contributed by atoms with Crippen LogP contribution in [0.1, 0.15) is 27.2 Å². The molecule has 6 heteroatoms. The highest BCUT2D eigenvalue weighted by molar-refractivity contribution is 5.69. The Kier molecular flexibility index (Phi) is 3.74. The molecular weight excluding hydrogens is 214 g/mol. The molecule has 1 aliphatic heterocycles. The Morgan fingerprint density at radius 3 is 2.62 bits per heavy atom. The summed E-state index contributed by atoms with van der Waals surface area (Å²) in [6, 6.07) is 0. The van der Waals surface area contributed by atoms with Crippen LogP contribution in [0.3, 0.4) is 0 Å². The number of hydrogen-bond donors (Lipinski definition) is 1. The molecule has 1 saturated heterocycles. The van der Waals surface area contributed by atoms with Crippen molar-refractivity contribution in [2.45, 2.75) is 45.1 Å². The molecule has 0 radical (unpaired) electrons. The van der Waals surface area contributed by atoms with E-state index >= 15 is 0 Å². The Morgan fingerprint density at radius 2 is 2.12 bits per heavy atom. The van der Waals surface area contributed by atoms with Crippen molar-refractivity contribution in [3.8, 4) is 0 Å². The molecule has 1 amide bonds. The SMILES string of the molecule is CC(C)(C)OC(=O)N1CC(O)CC1OC=O. The van der Waals surface area contributed by atoms with E-state index in [4.69, 9.17) is 9.47 Å². The van der Waals surface area contributed by atoms with Gasteiger partial charge in [-0.3, -0.25) is 9.69 Å². The summed E-state index contributed by atoms with van der Waals surface area (Å²) in [7, 11) is 0. The van der Waals surface area contributed by atoms with Gasteiger partial charge in [0.05, 0.1) is 12.6 Å². The third-order valence-electron chi connectivity index (χ3n) is 2.07. The summed E-state index contributed by atoms with van der Waals surface area (Å²) >= 11 is 0. The molecule has 2 unspecified atom stereocenters. The Hall–Kier alpha value is -1.30. The molecule has 16 heavy (non-hydrogen) atoms. The van der Waals surface area contributed by atoms with Crippen LogP contribution >= 0.6 is 0 Å². The molecule has 0 spiro atoms. The van der Waals surface area contributed by atoms with Gasteiger partial charge in [-0.2, -0.15) is 0 Å². The van der Waals surface area contributed by atoms with Crippen molar-refractivity contribution in [3.05, 3.63) is 0 Å². The fourth-order valence-electron chi connectivity index (χ4n) is 1.48. The number of ether oxygens (including phenoxy) is 2. The number of carbonyl (C=O) groups excluding carboxylic acids is 2. The highest BCUT2D eigenvalue weighted by Crippen LogP contribution is 2.21. The van der Waals surface area contributed by atoms with E-state index in [0.29, 0.717) is 0 Å². The Balaban J connectivity index is 2.63. The second-order valence-electron chi connectivity index (χ2n) is 4.71. The lowest BCUT2D eigenvalue weighted by Gasteiger charge is -2.27. The Bertz CT molecular complexity index is 273. The van der Waals surface area contributed by atoms with Crippen molar-refractivity contribution in [1.29, 1.82) is 0 Å². The number of aliphatic hydroxyl groups excluding tert-OH is 1. The molecule has 2 atom stereocenters. The Morgan fingerprint density at radius 1 is 1.50 bits per heavy atom. The topological polar surface area (TPSA) is 76.1 Å². The van der Waals surface area contributed by atoms with Gasteiger partial charge in [0.15, 0.2) is 6.23 Å². The molecule has 0 aliphatic carbocycles. The number of likely N-dealkylation sites (tertiary alicyclic amines) is 1. The maximum absolute atomic E-state index is 11.7. The summed E-state index contributed by atoms with van der Waals surface area (Å²) in [4.78, 5) is 23.1. The van der Waals surface area contributed by atoms with Crippen LogP contribution in [0.25, 0.3) is 0 Å². The Labute approximate surface area is 94.1 Å². The van der Waals surface area contributed by atoms with Crippen molar-refractivity contribution in [2.75, 3.05) is 6.54 Å². The second-order valence-corrected chi connectivity index (χ2v) is 4.71. The number of nitrogens with zero attached hydrogens (tertiary/aromatic N) is 1. The predicted molar refractivity (Wildman–Crippen MR) is 54.5 cm³/mol. The van der Waals surface area contributed by atoms with Gasteiger partial charge in [-0.05, 0) is 20.8 Å². The van der Waals surface area contributed by atoms with E-state index in [9.17, 15) is 14.7 Å². The first-order chi connectivity index (χ1) is 7.33. The zero-order valence-electron chi connectivity index (χ0n) is 9.67. The van der Waals surface area contributed by atoms with Crippen molar-refractivity contribution < 1.29 is 24.2 Å². The van der Waals surface area contributed by atoms with Gasteiger partial charge in [0, 0.05) is 6.42 Å². The highest BCUT2D eigenvalue weighted by atomic mass is 16.6. The lowest BCUT2D eigenvalue weighted by Crippen LogP contribution is -2.41. The zero-order valence-corrected chi connectivity index (χ0v) is 9.67. The molecule has 1 fully saturated rings. The molecule has 0 aromatic carbocycles. The molecule has 0 aromatic heterocycles. The largest absolute Gasteiger partial charge is 0.444 e. The number of hydrogen-bond acceptors (Lipinski definition) is 5. The number of carbonyl (C=O) groups is 2. The highest BCUT2D eigenvalue weighted by Gasteiger charge is 2.37. The minimum absolute atomic E-state index is 0.118. The number of β-amino-alcohol motifs (C(OH)–C–C–N with tert-alkyl or cyclic N) is 1. The van der Waals surface area contributed by atoms with Crippen LogP contribution in [0, 0.1) is 0 Å². The monoisotopic (exact) mass is 231 g/mol. The normalized spacial score (nSPS) is 25.4. The molecule has 0 aromatic rings. The van der Waals surface area contributed by atoms with E-state index in [1.807, 2.05) is 0 Å². The third-order valence-corrected chi connectivity index (χ3v) is 2.07. The van der Waals surface area contributed by atoms with E-state index in [1.54, 1.807) is 20.8 Å². The minimum atomic E-state index is -0.734. The molecule has 92 valence electrons. The van der Waals surface area contributed by atoms with Crippen molar-refractivity contribution >= 4 is 12.6 Å². The number of aliphatic hydroxyl groups is 1. The lowest BCUT2D eigenvalue weighted by molar-refractivity contribution is -0.139. The van der Waals surface area contributed by atoms with Crippen LogP contribution in [0.5, 0.6) is 0 Å². The average molecular weight is 231 g/mol. The summed E-state index contributed by atoms with van der Waals surface area (Å²) < 4.78 is 9.83. The van der Waals surface area contributed by atoms with Crippen LogP contribution in [0.15, 0.2) is 0 Å². The van der Waals surface area contributed by atoms with Crippen LogP contribution in [-0.2, 0) is 14.3 Å². The first-order valence-corrected chi connectivity index (χ1v) is 5.10. The first-order valence-electron chi connectivity index (χ1n) is 5.10. The fourth-order valence-corrected chi connectivity index (χ4v) is 1.48. The summed E-state index contributed by atoms with van der Waals surface area (Å²) in [5.74, 6) is 0. The van der Waals surface area contributed by atoms with Crippen LogP contribution in [0.4, 0.5) is 4.79 Å². The van der Waals surface area contributed by atoms with Crippen molar-refractivity contribution in [3.63, 3.8) is 0 Å². The predicted octanol–water partition coefficient (Wildman–Crippen LogP) is 0.487. The average Bonchev–Trinajstić information content (AvgIpc) is 2.44.